The second-order valence-corrected chi connectivity index (χ2v) is 9.22. The van der Waals surface area contributed by atoms with Crippen LogP contribution in [0.25, 0.3) is 0 Å². The standard InChI is InChI=1S/C21H30N2O4S/c1-26-14-21(25)23-15-4-5-16(23)12-18(11-15)27-17-6-8-22(9-7-17)20(24)13-19-3-2-10-28-19/h2-3,10,15-18H,4-9,11-14H2,1H3/t15-,16+,18?. The molecule has 0 N–H and O–H groups in total. The molecule has 1 aromatic rings. The molecule has 0 aromatic carbocycles. The molecule has 0 saturated carbocycles. The van der Waals surface area contributed by atoms with Gasteiger partial charge in [-0.25, -0.2) is 0 Å². The number of likely N-dealkylation sites (tertiary alicyclic amines) is 1. The van der Waals surface area contributed by atoms with Gasteiger partial charge in [0.25, 0.3) is 0 Å². The van der Waals surface area contributed by atoms with Gasteiger partial charge in [-0.2, -0.15) is 0 Å². The van der Waals surface area contributed by atoms with E-state index in [4.69, 9.17) is 9.47 Å². The third-order valence-electron chi connectivity index (χ3n) is 6.33. The first kappa shape index (κ1) is 19.9. The summed E-state index contributed by atoms with van der Waals surface area (Å²) in [5, 5.41) is 2.02. The minimum atomic E-state index is 0.117. The number of hydrogen-bond acceptors (Lipinski definition) is 5. The Morgan fingerprint density at radius 1 is 1.07 bits per heavy atom. The molecule has 2 amide bonds. The van der Waals surface area contributed by atoms with Crippen molar-refractivity contribution in [3.8, 4) is 0 Å². The molecule has 28 heavy (non-hydrogen) atoms. The molecule has 1 unspecified atom stereocenters. The smallest absolute Gasteiger partial charge is 0.249 e. The van der Waals surface area contributed by atoms with Crippen molar-refractivity contribution in [2.75, 3.05) is 26.8 Å². The second-order valence-electron chi connectivity index (χ2n) is 8.18. The van der Waals surface area contributed by atoms with Crippen LogP contribution in [0, 0.1) is 0 Å². The molecule has 0 radical (unpaired) electrons. The lowest BCUT2D eigenvalue weighted by Crippen LogP contribution is -2.51. The lowest BCUT2D eigenvalue weighted by molar-refractivity contribution is -0.145. The maximum atomic E-state index is 12.5. The van der Waals surface area contributed by atoms with Crippen LogP contribution in [0.4, 0.5) is 0 Å². The highest BCUT2D eigenvalue weighted by atomic mass is 32.1. The number of methoxy groups -OCH3 is 1. The molecular formula is C21H30N2O4S. The number of amides is 2. The Hall–Kier alpha value is -1.44. The van der Waals surface area contributed by atoms with Gasteiger partial charge in [-0.15, -0.1) is 11.3 Å². The van der Waals surface area contributed by atoms with Gasteiger partial charge >= 0.3 is 0 Å². The van der Waals surface area contributed by atoms with E-state index >= 15 is 0 Å². The number of carbonyl (C=O) groups excluding carboxylic acids is 2. The first-order valence-corrected chi connectivity index (χ1v) is 11.3. The Morgan fingerprint density at radius 3 is 2.39 bits per heavy atom. The highest BCUT2D eigenvalue weighted by molar-refractivity contribution is 7.10. The van der Waals surface area contributed by atoms with Gasteiger partial charge < -0.3 is 19.3 Å². The number of fused-ring (bicyclic) bond motifs is 2. The number of thiophene rings is 1. The van der Waals surface area contributed by atoms with E-state index in [0.29, 0.717) is 18.5 Å². The van der Waals surface area contributed by atoms with Crippen LogP contribution in [0.3, 0.4) is 0 Å². The fraction of sp³-hybridized carbons (Fsp3) is 0.714. The molecule has 0 aliphatic carbocycles. The van der Waals surface area contributed by atoms with Crippen LogP contribution in [-0.2, 0) is 25.5 Å². The van der Waals surface area contributed by atoms with Gasteiger partial charge in [0.2, 0.25) is 11.8 Å². The number of hydrogen-bond donors (Lipinski definition) is 0. The highest BCUT2D eigenvalue weighted by Crippen LogP contribution is 2.38. The molecule has 2 bridgehead atoms. The van der Waals surface area contributed by atoms with E-state index in [1.165, 1.54) is 0 Å². The summed E-state index contributed by atoms with van der Waals surface area (Å²) in [6.07, 6.45) is 6.83. The Labute approximate surface area is 170 Å². The monoisotopic (exact) mass is 406 g/mol. The van der Waals surface area contributed by atoms with Gasteiger partial charge in [0, 0.05) is 37.2 Å². The van der Waals surface area contributed by atoms with Crippen molar-refractivity contribution in [3.63, 3.8) is 0 Å². The predicted molar refractivity (Wildman–Crippen MR) is 107 cm³/mol. The van der Waals surface area contributed by atoms with Crippen molar-refractivity contribution in [3.05, 3.63) is 22.4 Å². The summed E-state index contributed by atoms with van der Waals surface area (Å²) >= 11 is 1.64. The summed E-state index contributed by atoms with van der Waals surface area (Å²) in [5.74, 6) is 0.343. The Kier molecular flexibility index (Phi) is 6.33. The number of ether oxygens (including phenoxy) is 2. The Morgan fingerprint density at radius 2 is 1.79 bits per heavy atom. The quantitative estimate of drug-likeness (QED) is 0.728. The minimum absolute atomic E-state index is 0.117. The molecule has 3 aliphatic heterocycles. The molecule has 7 heteroatoms. The molecular weight excluding hydrogens is 376 g/mol. The van der Waals surface area contributed by atoms with Crippen LogP contribution in [-0.4, -0.2) is 72.7 Å². The number of nitrogens with zero attached hydrogens (tertiary/aromatic N) is 2. The Bertz CT molecular complexity index is 658. The van der Waals surface area contributed by atoms with E-state index in [0.717, 1.165) is 56.5 Å². The van der Waals surface area contributed by atoms with Crippen LogP contribution in [0.15, 0.2) is 17.5 Å². The molecule has 4 rings (SSSR count). The maximum Gasteiger partial charge on any atom is 0.249 e. The minimum Gasteiger partial charge on any atom is -0.375 e. The van der Waals surface area contributed by atoms with E-state index < -0.39 is 0 Å². The summed E-state index contributed by atoms with van der Waals surface area (Å²) in [6, 6.07) is 4.63. The normalized spacial score (nSPS) is 28.0. The maximum absolute atomic E-state index is 12.5. The van der Waals surface area contributed by atoms with Gasteiger partial charge in [-0.3, -0.25) is 9.59 Å². The zero-order valence-corrected chi connectivity index (χ0v) is 17.4. The molecule has 1 aromatic heterocycles. The fourth-order valence-electron chi connectivity index (χ4n) is 5.03. The zero-order chi connectivity index (χ0) is 19.5. The van der Waals surface area contributed by atoms with Gasteiger partial charge in [-0.05, 0) is 50.0 Å². The lowest BCUT2D eigenvalue weighted by atomic mass is 9.98. The van der Waals surface area contributed by atoms with Gasteiger partial charge in [0.15, 0.2) is 0 Å². The summed E-state index contributed by atoms with van der Waals surface area (Å²) < 4.78 is 11.5. The van der Waals surface area contributed by atoms with Crippen molar-refractivity contribution in [2.45, 2.75) is 69.2 Å². The van der Waals surface area contributed by atoms with Gasteiger partial charge in [0.1, 0.15) is 6.61 Å². The van der Waals surface area contributed by atoms with E-state index in [-0.39, 0.29) is 30.6 Å². The van der Waals surface area contributed by atoms with Gasteiger partial charge in [-0.1, -0.05) is 6.07 Å². The van der Waals surface area contributed by atoms with Crippen molar-refractivity contribution >= 4 is 23.2 Å². The van der Waals surface area contributed by atoms with E-state index in [2.05, 4.69) is 4.90 Å². The van der Waals surface area contributed by atoms with Crippen molar-refractivity contribution in [2.24, 2.45) is 0 Å². The lowest BCUT2D eigenvalue weighted by Gasteiger charge is -2.41. The molecule has 6 nitrogen and oxygen atoms in total. The summed E-state index contributed by atoms with van der Waals surface area (Å²) in [6.45, 7) is 1.75. The molecule has 4 heterocycles. The zero-order valence-electron chi connectivity index (χ0n) is 16.5. The first-order valence-electron chi connectivity index (χ1n) is 10.4. The number of rotatable bonds is 6. The molecule has 0 spiro atoms. The molecule has 154 valence electrons. The third kappa shape index (κ3) is 4.42. The molecule has 3 aliphatic rings. The van der Waals surface area contributed by atoms with Crippen molar-refractivity contribution in [1.82, 2.24) is 9.80 Å². The van der Waals surface area contributed by atoms with Crippen molar-refractivity contribution in [1.29, 1.82) is 0 Å². The number of piperidine rings is 2. The SMILES string of the molecule is COCC(=O)N1[C@@H]2CC[C@H]1CC(OC1CCN(C(=O)Cc3cccs3)CC1)C2. The fourth-order valence-corrected chi connectivity index (χ4v) is 5.73. The second kappa shape index (κ2) is 8.93. The largest absolute Gasteiger partial charge is 0.375 e. The van der Waals surface area contributed by atoms with E-state index in [1.54, 1.807) is 18.4 Å². The van der Waals surface area contributed by atoms with Crippen LogP contribution in [0.1, 0.15) is 43.4 Å². The third-order valence-corrected chi connectivity index (χ3v) is 7.21. The first-order chi connectivity index (χ1) is 13.6. The summed E-state index contributed by atoms with van der Waals surface area (Å²) in [5.41, 5.74) is 0. The molecule has 3 fully saturated rings. The van der Waals surface area contributed by atoms with Crippen LogP contribution >= 0.6 is 11.3 Å². The Balaban J connectivity index is 1.23. The summed E-state index contributed by atoms with van der Waals surface area (Å²) in [4.78, 5) is 29.9. The van der Waals surface area contributed by atoms with E-state index in [1.807, 2.05) is 22.4 Å². The summed E-state index contributed by atoms with van der Waals surface area (Å²) in [7, 11) is 1.58. The molecule has 3 atom stereocenters. The van der Waals surface area contributed by atoms with E-state index in [9.17, 15) is 9.59 Å². The topological polar surface area (TPSA) is 59.1 Å². The van der Waals surface area contributed by atoms with Crippen LogP contribution < -0.4 is 0 Å². The van der Waals surface area contributed by atoms with Crippen LogP contribution in [0.2, 0.25) is 0 Å². The van der Waals surface area contributed by atoms with Crippen LogP contribution in [0.5, 0.6) is 0 Å². The highest BCUT2D eigenvalue weighted by Gasteiger charge is 2.44. The van der Waals surface area contributed by atoms with Crippen molar-refractivity contribution < 1.29 is 19.1 Å². The van der Waals surface area contributed by atoms with Gasteiger partial charge in [0.05, 0.1) is 18.6 Å². The molecule has 3 saturated heterocycles. The average Bonchev–Trinajstić information content (AvgIpc) is 3.28. The average molecular weight is 407 g/mol. The number of carbonyl (C=O) groups is 2. The predicted octanol–water partition coefficient (Wildman–Crippen LogP) is 2.47.